The standard InChI is InChI=1S/C12H18N4O4/c1-3-16-6-8(13)10(14-16)11(17)15-4-5-20-9(7-15)12(18)19-2/h6,9H,3-5,7,13H2,1-2H3. The van der Waals surface area contributed by atoms with Gasteiger partial charge in [-0.25, -0.2) is 4.79 Å². The third-order valence-corrected chi connectivity index (χ3v) is 3.13. The van der Waals surface area contributed by atoms with Gasteiger partial charge < -0.3 is 20.1 Å². The Morgan fingerprint density at radius 3 is 2.95 bits per heavy atom. The number of amides is 1. The fraction of sp³-hybridized carbons (Fsp3) is 0.583. The third kappa shape index (κ3) is 2.74. The maximum atomic E-state index is 12.4. The van der Waals surface area contributed by atoms with Crippen molar-refractivity contribution in [1.29, 1.82) is 0 Å². The quantitative estimate of drug-likeness (QED) is 0.750. The second-order valence-electron chi connectivity index (χ2n) is 4.42. The molecule has 1 atom stereocenters. The van der Waals surface area contributed by atoms with Crippen molar-refractivity contribution in [3.05, 3.63) is 11.9 Å². The van der Waals surface area contributed by atoms with Crippen molar-refractivity contribution in [2.24, 2.45) is 0 Å². The van der Waals surface area contributed by atoms with Crippen LogP contribution in [0.25, 0.3) is 0 Å². The SMILES string of the molecule is CCn1cc(N)c(C(=O)N2CCOC(C(=O)OC)C2)n1. The second-order valence-corrected chi connectivity index (χ2v) is 4.42. The van der Waals surface area contributed by atoms with Crippen LogP contribution in [0, 0.1) is 0 Å². The molecule has 110 valence electrons. The Balaban J connectivity index is 2.12. The highest BCUT2D eigenvalue weighted by atomic mass is 16.6. The van der Waals surface area contributed by atoms with Gasteiger partial charge >= 0.3 is 5.97 Å². The summed E-state index contributed by atoms with van der Waals surface area (Å²) in [6.45, 7) is 3.35. The molecule has 1 aromatic rings. The smallest absolute Gasteiger partial charge is 0.336 e. The number of anilines is 1. The molecule has 0 aromatic carbocycles. The van der Waals surface area contributed by atoms with E-state index in [9.17, 15) is 9.59 Å². The van der Waals surface area contributed by atoms with Crippen LogP contribution in [-0.2, 0) is 20.8 Å². The van der Waals surface area contributed by atoms with Gasteiger partial charge in [0.25, 0.3) is 5.91 Å². The van der Waals surface area contributed by atoms with Crippen LogP contribution >= 0.6 is 0 Å². The summed E-state index contributed by atoms with van der Waals surface area (Å²) in [6, 6.07) is 0. The zero-order chi connectivity index (χ0) is 14.7. The number of esters is 1. The van der Waals surface area contributed by atoms with Gasteiger partial charge in [0.05, 0.1) is 25.9 Å². The summed E-state index contributed by atoms with van der Waals surface area (Å²) in [4.78, 5) is 25.3. The Bertz CT molecular complexity index is 514. The number of morpholine rings is 1. The number of hydrogen-bond acceptors (Lipinski definition) is 6. The predicted molar refractivity (Wildman–Crippen MR) is 70.0 cm³/mol. The zero-order valence-corrected chi connectivity index (χ0v) is 11.5. The van der Waals surface area contributed by atoms with Crippen molar-refractivity contribution in [2.75, 3.05) is 32.5 Å². The lowest BCUT2D eigenvalue weighted by molar-refractivity contribution is -0.158. The number of aromatic nitrogens is 2. The first-order chi connectivity index (χ1) is 9.56. The van der Waals surface area contributed by atoms with Gasteiger partial charge in [0, 0.05) is 19.3 Å². The third-order valence-electron chi connectivity index (χ3n) is 3.13. The Labute approximate surface area is 116 Å². The average molecular weight is 282 g/mol. The lowest BCUT2D eigenvalue weighted by Crippen LogP contribution is -2.49. The fourth-order valence-corrected chi connectivity index (χ4v) is 2.02. The average Bonchev–Trinajstić information content (AvgIpc) is 2.87. The first-order valence-electron chi connectivity index (χ1n) is 6.38. The first-order valence-corrected chi connectivity index (χ1v) is 6.38. The molecule has 1 aliphatic heterocycles. The summed E-state index contributed by atoms with van der Waals surface area (Å²) in [5, 5.41) is 4.14. The van der Waals surface area contributed by atoms with E-state index in [-0.39, 0.29) is 24.8 Å². The number of aryl methyl sites for hydroxylation is 1. The van der Waals surface area contributed by atoms with Crippen molar-refractivity contribution in [3.63, 3.8) is 0 Å². The number of carbonyl (C=O) groups excluding carboxylic acids is 2. The number of hydrogen-bond donors (Lipinski definition) is 1. The number of nitrogens with two attached hydrogens (primary N) is 1. The number of methoxy groups -OCH3 is 1. The molecule has 0 spiro atoms. The van der Waals surface area contributed by atoms with Crippen LogP contribution in [-0.4, -0.2) is 59.5 Å². The van der Waals surface area contributed by atoms with Crippen molar-refractivity contribution in [3.8, 4) is 0 Å². The topological polar surface area (TPSA) is 99.7 Å². The number of nitrogen functional groups attached to an aromatic ring is 1. The molecule has 1 aromatic heterocycles. The maximum absolute atomic E-state index is 12.4. The highest BCUT2D eigenvalue weighted by Crippen LogP contribution is 2.15. The summed E-state index contributed by atoms with van der Waals surface area (Å²) < 4.78 is 11.5. The minimum Gasteiger partial charge on any atom is -0.467 e. The van der Waals surface area contributed by atoms with E-state index in [0.29, 0.717) is 18.8 Å². The van der Waals surface area contributed by atoms with Gasteiger partial charge in [-0.05, 0) is 6.92 Å². The van der Waals surface area contributed by atoms with Crippen LogP contribution in [0.5, 0.6) is 0 Å². The molecule has 1 aliphatic rings. The molecule has 2 N–H and O–H groups in total. The van der Waals surface area contributed by atoms with Crippen molar-refractivity contribution < 1.29 is 19.1 Å². The molecule has 8 nitrogen and oxygen atoms in total. The molecule has 1 saturated heterocycles. The molecule has 1 amide bonds. The summed E-state index contributed by atoms with van der Waals surface area (Å²) in [7, 11) is 1.29. The predicted octanol–water partition coefficient (Wildman–Crippen LogP) is -0.501. The maximum Gasteiger partial charge on any atom is 0.336 e. The van der Waals surface area contributed by atoms with Gasteiger partial charge in [0.2, 0.25) is 0 Å². The van der Waals surface area contributed by atoms with Crippen LogP contribution in [0.3, 0.4) is 0 Å². The van der Waals surface area contributed by atoms with Gasteiger partial charge in [0.15, 0.2) is 11.8 Å². The second kappa shape index (κ2) is 5.91. The van der Waals surface area contributed by atoms with Gasteiger partial charge in [-0.1, -0.05) is 0 Å². The Morgan fingerprint density at radius 1 is 1.60 bits per heavy atom. The largest absolute Gasteiger partial charge is 0.467 e. The molecule has 0 aliphatic carbocycles. The van der Waals surface area contributed by atoms with E-state index in [1.54, 1.807) is 10.9 Å². The minimum atomic E-state index is -0.757. The van der Waals surface area contributed by atoms with E-state index in [2.05, 4.69) is 9.84 Å². The summed E-state index contributed by atoms with van der Waals surface area (Å²) >= 11 is 0. The fourth-order valence-electron chi connectivity index (χ4n) is 2.02. The molecule has 2 rings (SSSR count). The van der Waals surface area contributed by atoms with E-state index < -0.39 is 12.1 Å². The number of nitrogens with zero attached hydrogens (tertiary/aromatic N) is 3. The van der Waals surface area contributed by atoms with Gasteiger partial charge in [-0.3, -0.25) is 9.48 Å². The van der Waals surface area contributed by atoms with Gasteiger partial charge in [-0.2, -0.15) is 5.10 Å². The lowest BCUT2D eigenvalue weighted by atomic mass is 10.2. The molecule has 1 fully saturated rings. The van der Waals surface area contributed by atoms with E-state index in [1.165, 1.54) is 12.0 Å². The van der Waals surface area contributed by atoms with Crippen LogP contribution < -0.4 is 5.73 Å². The molecular formula is C12H18N4O4. The van der Waals surface area contributed by atoms with Gasteiger partial charge in [0.1, 0.15) is 0 Å². The summed E-state index contributed by atoms with van der Waals surface area (Å²) in [5.74, 6) is -0.790. The molecular weight excluding hydrogens is 264 g/mol. The van der Waals surface area contributed by atoms with E-state index >= 15 is 0 Å². The molecule has 2 heterocycles. The highest BCUT2D eigenvalue weighted by molar-refractivity contribution is 5.97. The van der Waals surface area contributed by atoms with Crippen LogP contribution in [0.2, 0.25) is 0 Å². The molecule has 0 bridgehead atoms. The highest BCUT2D eigenvalue weighted by Gasteiger charge is 2.32. The normalized spacial score (nSPS) is 18.9. The van der Waals surface area contributed by atoms with Crippen molar-refractivity contribution in [2.45, 2.75) is 19.6 Å². The Kier molecular flexibility index (Phi) is 4.23. The summed E-state index contributed by atoms with van der Waals surface area (Å²) in [6.07, 6.45) is 0.859. The minimum absolute atomic E-state index is 0.143. The molecule has 20 heavy (non-hydrogen) atoms. The van der Waals surface area contributed by atoms with E-state index in [1.807, 2.05) is 6.92 Å². The molecule has 0 radical (unpaired) electrons. The summed E-state index contributed by atoms with van der Waals surface area (Å²) in [5.41, 5.74) is 6.33. The van der Waals surface area contributed by atoms with Crippen LogP contribution in [0.1, 0.15) is 17.4 Å². The van der Waals surface area contributed by atoms with E-state index in [4.69, 9.17) is 10.5 Å². The number of carbonyl (C=O) groups is 2. The monoisotopic (exact) mass is 282 g/mol. The molecule has 1 unspecified atom stereocenters. The molecule has 0 saturated carbocycles. The number of ether oxygens (including phenoxy) is 2. The molecule has 8 heteroatoms. The lowest BCUT2D eigenvalue weighted by Gasteiger charge is -2.31. The zero-order valence-electron chi connectivity index (χ0n) is 11.5. The van der Waals surface area contributed by atoms with Gasteiger partial charge in [-0.15, -0.1) is 0 Å². The van der Waals surface area contributed by atoms with Crippen LogP contribution in [0.4, 0.5) is 5.69 Å². The van der Waals surface area contributed by atoms with Crippen LogP contribution in [0.15, 0.2) is 6.20 Å². The van der Waals surface area contributed by atoms with E-state index in [0.717, 1.165) is 0 Å². The Hall–Kier alpha value is -2.09. The van der Waals surface area contributed by atoms with Crippen molar-refractivity contribution >= 4 is 17.6 Å². The first kappa shape index (κ1) is 14.3. The Morgan fingerprint density at radius 2 is 2.35 bits per heavy atom. The number of rotatable bonds is 3. The van der Waals surface area contributed by atoms with Crippen molar-refractivity contribution in [1.82, 2.24) is 14.7 Å².